The zero-order valence-electron chi connectivity index (χ0n) is 10.6. The Bertz CT molecular complexity index is 512. The highest BCUT2D eigenvalue weighted by atomic mass is 32.2. The number of rotatable bonds is 5. The Labute approximate surface area is 111 Å². The molecule has 1 aromatic carbocycles. The molecular formula is C13H17N3OS. The molecule has 96 valence electrons. The molecule has 0 aliphatic heterocycles. The van der Waals surface area contributed by atoms with Crippen molar-refractivity contribution in [3.8, 4) is 11.5 Å². The van der Waals surface area contributed by atoms with Crippen LogP contribution in [-0.2, 0) is 6.42 Å². The van der Waals surface area contributed by atoms with Gasteiger partial charge in [0.15, 0.2) is 5.82 Å². The van der Waals surface area contributed by atoms with Gasteiger partial charge in [-0.1, -0.05) is 24.2 Å². The van der Waals surface area contributed by atoms with Gasteiger partial charge in [0.05, 0.1) is 5.56 Å². The minimum atomic E-state index is 0.0891. The lowest BCUT2D eigenvalue weighted by atomic mass is 10.1. The van der Waals surface area contributed by atoms with Crippen LogP contribution in [0.4, 0.5) is 0 Å². The molecular weight excluding hydrogens is 246 g/mol. The van der Waals surface area contributed by atoms with E-state index in [1.807, 2.05) is 30.5 Å². The summed E-state index contributed by atoms with van der Waals surface area (Å²) in [7, 11) is 0. The summed E-state index contributed by atoms with van der Waals surface area (Å²) in [5.41, 5.74) is 6.86. The van der Waals surface area contributed by atoms with Crippen molar-refractivity contribution in [2.45, 2.75) is 30.7 Å². The molecule has 0 saturated carbocycles. The van der Waals surface area contributed by atoms with Gasteiger partial charge < -0.3 is 10.3 Å². The van der Waals surface area contributed by atoms with Gasteiger partial charge in [0.25, 0.3) is 5.89 Å². The van der Waals surface area contributed by atoms with E-state index in [9.17, 15) is 0 Å². The number of hydrogen-bond acceptors (Lipinski definition) is 5. The van der Waals surface area contributed by atoms with Crippen molar-refractivity contribution in [2.75, 3.05) is 6.26 Å². The summed E-state index contributed by atoms with van der Waals surface area (Å²) in [5.74, 6) is 1.24. The van der Waals surface area contributed by atoms with Gasteiger partial charge in [-0.25, -0.2) is 0 Å². The van der Waals surface area contributed by atoms with Gasteiger partial charge in [0.1, 0.15) is 0 Å². The molecule has 0 bridgehead atoms. The van der Waals surface area contributed by atoms with E-state index in [-0.39, 0.29) is 6.04 Å². The smallest absolute Gasteiger partial charge is 0.259 e. The SMILES string of the molecule is CCC(N)Cc1noc(-c2ccccc2SC)n1. The van der Waals surface area contributed by atoms with Gasteiger partial charge in [-0.2, -0.15) is 4.98 Å². The van der Waals surface area contributed by atoms with Crippen molar-refractivity contribution in [1.29, 1.82) is 0 Å². The molecule has 1 atom stereocenters. The molecule has 0 fully saturated rings. The number of aromatic nitrogens is 2. The van der Waals surface area contributed by atoms with Crippen LogP contribution < -0.4 is 5.73 Å². The highest BCUT2D eigenvalue weighted by Crippen LogP contribution is 2.28. The minimum absolute atomic E-state index is 0.0891. The summed E-state index contributed by atoms with van der Waals surface area (Å²) in [6, 6.07) is 8.09. The van der Waals surface area contributed by atoms with E-state index in [2.05, 4.69) is 17.1 Å². The number of nitrogens with two attached hydrogens (primary N) is 1. The maximum atomic E-state index is 5.88. The van der Waals surface area contributed by atoms with Crippen LogP contribution in [-0.4, -0.2) is 22.4 Å². The number of nitrogens with zero attached hydrogens (tertiary/aromatic N) is 2. The molecule has 0 radical (unpaired) electrons. The van der Waals surface area contributed by atoms with Crippen molar-refractivity contribution in [3.63, 3.8) is 0 Å². The van der Waals surface area contributed by atoms with Crippen LogP contribution in [0.2, 0.25) is 0 Å². The summed E-state index contributed by atoms with van der Waals surface area (Å²) in [6.07, 6.45) is 3.59. The molecule has 0 amide bonds. The third-order valence-corrected chi connectivity index (χ3v) is 3.57. The molecule has 0 saturated heterocycles. The maximum Gasteiger partial charge on any atom is 0.259 e. The van der Waals surface area contributed by atoms with Crippen LogP contribution in [0.3, 0.4) is 0 Å². The molecule has 5 heteroatoms. The summed E-state index contributed by atoms with van der Waals surface area (Å²) in [5, 5.41) is 3.98. The average Bonchev–Trinajstić information content (AvgIpc) is 2.86. The normalized spacial score (nSPS) is 12.6. The molecule has 0 aliphatic carbocycles. The Hall–Kier alpha value is -1.33. The van der Waals surface area contributed by atoms with Gasteiger partial charge >= 0.3 is 0 Å². The Morgan fingerprint density at radius 2 is 2.17 bits per heavy atom. The van der Waals surface area contributed by atoms with Gasteiger partial charge in [0.2, 0.25) is 0 Å². The monoisotopic (exact) mass is 263 g/mol. The first-order valence-electron chi connectivity index (χ1n) is 5.96. The van der Waals surface area contributed by atoms with Crippen molar-refractivity contribution >= 4 is 11.8 Å². The summed E-state index contributed by atoms with van der Waals surface area (Å²) >= 11 is 1.67. The molecule has 1 heterocycles. The number of benzene rings is 1. The molecule has 2 rings (SSSR count). The van der Waals surface area contributed by atoms with Gasteiger partial charge in [-0.3, -0.25) is 0 Å². The molecule has 0 spiro atoms. The van der Waals surface area contributed by atoms with Crippen LogP contribution in [0.25, 0.3) is 11.5 Å². The van der Waals surface area contributed by atoms with Crippen LogP contribution in [0, 0.1) is 0 Å². The molecule has 4 nitrogen and oxygen atoms in total. The minimum Gasteiger partial charge on any atom is -0.334 e. The van der Waals surface area contributed by atoms with Gasteiger partial charge in [0, 0.05) is 17.4 Å². The highest BCUT2D eigenvalue weighted by molar-refractivity contribution is 7.98. The van der Waals surface area contributed by atoms with Crippen LogP contribution >= 0.6 is 11.8 Å². The van der Waals surface area contributed by atoms with Crippen molar-refractivity contribution in [2.24, 2.45) is 5.73 Å². The summed E-state index contributed by atoms with van der Waals surface area (Å²) in [6.45, 7) is 2.05. The van der Waals surface area contributed by atoms with Crippen LogP contribution in [0.5, 0.6) is 0 Å². The van der Waals surface area contributed by atoms with Gasteiger partial charge in [-0.15, -0.1) is 11.8 Å². The topological polar surface area (TPSA) is 64.9 Å². The summed E-state index contributed by atoms with van der Waals surface area (Å²) in [4.78, 5) is 5.54. The van der Waals surface area contributed by atoms with Crippen molar-refractivity contribution in [3.05, 3.63) is 30.1 Å². The first-order chi connectivity index (χ1) is 8.74. The third kappa shape index (κ3) is 2.91. The van der Waals surface area contributed by atoms with E-state index in [1.54, 1.807) is 11.8 Å². The standard InChI is InChI=1S/C13H17N3OS/c1-3-9(14)8-12-15-13(17-16-12)10-6-4-5-7-11(10)18-2/h4-7,9H,3,8,14H2,1-2H3. The first-order valence-corrected chi connectivity index (χ1v) is 7.18. The average molecular weight is 263 g/mol. The molecule has 18 heavy (non-hydrogen) atoms. The lowest BCUT2D eigenvalue weighted by molar-refractivity contribution is 0.418. The Kier molecular flexibility index (Phi) is 4.38. The molecule has 1 unspecified atom stereocenters. The fraction of sp³-hybridized carbons (Fsp3) is 0.385. The molecule has 2 N–H and O–H groups in total. The second-order valence-corrected chi connectivity index (χ2v) is 4.94. The van der Waals surface area contributed by atoms with Crippen LogP contribution in [0.1, 0.15) is 19.2 Å². The molecule has 0 aliphatic rings. The second-order valence-electron chi connectivity index (χ2n) is 4.09. The first kappa shape index (κ1) is 13.1. The zero-order valence-corrected chi connectivity index (χ0v) is 11.4. The lowest BCUT2D eigenvalue weighted by Gasteiger charge is -2.03. The summed E-state index contributed by atoms with van der Waals surface area (Å²) < 4.78 is 5.31. The fourth-order valence-corrected chi connectivity index (χ4v) is 2.24. The molecule has 2 aromatic rings. The Morgan fingerprint density at radius 1 is 1.39 bits per heavy atom. The lowest BCUT2D eigenvalue weighted by Crippen LogP contribution is -2.21. The fourth-order valence-electron chi connectivity index (χ4n) is 1.65. The van der Waals surface area contributed by atoms with Crippen molar-refractivity contribution in [1.82, 2.24) is 10.1 Å². The zero-order chi connectivity index (χ0) is 13.0. The highest BCUT2D eigenvalue weighted by Gasteiger charge is 2.13. The van der Waals surface area contributed by atoms with E-state index in [0.29, 0.717) is 18.1 Å². The third-order valence-electron chi connectivity index (χ3n) is 2.77. The quantitative estimate of drug-likeness (QED) is 0.840. The Morgan fingerprint density at radius 3 is 2.89 bits per heavy atom. The second kappa shape index (κ2) is 6.02. The number of thioether (sulfide) groups is 1. The number of hydrogen-bond donors (Lipinski definition) is 1. The van der Waals surface area contributed by atoms with Crippen LogP contribution in [0.15, 0.2) is 33.7 Å². The Balaban J connectivity index is 2.24. The van der Waals surface area contributed by atoms with E-state index in [0.717, 1.165) is 16.9 Å². The van der Waals surface area contributed by atoms with E-state index < -0.39 is 0 Å². The predicted octanol–water partition coefficient (Wildman–Crippen LogP) is 2.74. The maximum absolute atomic E-state index is 5.88. The largest absolute Gasteiger partial charge is 0.334 e. The van der Waals surface area contributed by atoms with E-state index in [1.165, 1.54) is 0 Å². The van der Waals surface area contributed by atoms with E-state index in [4.69, 9.17) is 10.3 Å². The van der Waals surface area contributed by atoms with E-state index >= 15 is 0 Å². The van der Waals surface area contributed by atoms with Crippen molar-refractivity contribution < 1.29 is 4.52 Å². The molecule has 1 aromatic heterocycles. The van der Waals surface area contributed by atoms with Gasteiger partial charge in [-0.05, 0) is 24.8 Å². The predicted molar refractivity (Wildman–Crippen MR) is 73.5 cm³/mol.